The third kappa shape index (κ3) is 3.58. The van der Waals surface area contributed by atoms with Gasteiger partial charge < -0.3 is 21.5 Å². The Balaban J connectivity index is 2.19. The molecule has 0 saturated heterocycles. The quantitative estimate of drug-likeness (QED) is 0.458. The molecule has 9 heteroatoms. The number of hydrogen-bond donors (Lipinski definition) is 4. The molecule has 3 rings (SSSR count). The zero-order chi connectivity index (χ0) is 21.1. The van der Waals surface area contributed by atoms with E-state index in [1.165, 1.54) is 0 Å². The molecule has 1 aliphatic heterocycles. The summed E-state index contributed by atoms with van der Waals surface area (Å²) in [5.74, 6) is 1.44. The number of rotatable bonds is 4. The Bertz CT molecular complexity index is 1050. The lowest BCUT2D eigenvalue weighted by Crippen LogP contribution is -2.32. The summed E-state index contributed by atoms with van der Waals surface area (Å²) in [6.07, 6.45) is 2.75. The molecule has 6 N–H and O–H groups in total. The number of benzene rings is 1. The molecule has 1 aromatic heterocycles. The largest absolute Gasteiger partial charge is 0.493 e. The fourth-order valence-corrected chi connectivity index (χ4v) is 3.40. The number of fused-ring (bicyclic) bond motifs is 1. The van der Waals surface area contributed by atoms with Gasteiger partial charge in [-0.1, -0.05) is 6.92 Å². The maximum Gasteiger partial charge on any atom is 0.211 e. The summed E-state index contributed by atoms with van der Waals surface area (Å²) in [5.41, 5.74) is 15.8. The van der Waals surface area contributed by atoms with Crippen molar-refractivity contribution >= 4 is 23.3 Å². The zero-order valence-corrected chi connectivity index (χ0v) is 16.5. The number of anilines is 3. The summed E-state index contributed by atoms with van der Waals surface area (Å²) in [4.78, 5) is 8.85. The fourth-order valence-electron chi connectivity index (χ4n) is 3.40. The van der Waals surface area contributed by atoms with Gasteiger partial charge in [0.2, 0.25) is 5.96 Å². The highest BCUT2D eigenvalue weighted by Gasteiger charge is 2.30. The van der Waals surface area contributed by atoms with Crippen LogP contribution in [0.4, 0.5) is 17.3 Å². The predicted octanol–water partition coefficient (Wildman–Crippen LogP) is 2.46. The number of aromatic nitrogens is 1. The second-order valence-electron chi connectivity index (χ2n) is 6.73. The van der Waals surface area contributed by atoms with E-state index in [0.717, 1.165) is 28.9 Å². The number of hydrogen-bond acceptors (Lipinski definition) is 9. The third-order valence-electron chi connectivity index (χ3n) is 4.61. The highest BCUT2D eigenvalue weighted by Crippen LogP contribution is 2.41. The molecule has 1 aromatic carbocycles. The summed E-state index contributed by atoms with van der Waals surface area (Å²) in [7, 11) is 0. The van der Waals surface area contributed by atoms with Crippen LogP contribution in [0.5, 0.6) is 5.75 Å². The number of nitriles is 2. The van der Waals surface area contributed by atoms with Crippen molar-refractivity contribution in [2.24, 2.45) is 4.99 Å². The molecule has 1 aliphatic rings. The second kappa shape index (κ2) is 7.95. The first-order valence-corrected chi connectivity index (χ1v) is 9.14. The molecule has 0 spiro atoms. The van der Waals surface area contributed by atoms with Crippen LogP contribution in [0.3, 0.4) is 0 Å². The van der Waals surface area contributed by atoms with Crippen molar-refractivity contribution in [1.29, 1.82) is 10.5 Å². The first kappa shape index (κ1) is 19.8. The average Bonchev–Trinajstić information content (AvgIpc) is 2.67. The van der Waals surface area contributed by atoms with Gasteiger partial charge in [-0.2, -0.15) is 10.5 Å². The molecule has 1 atom stereocenters. The Kier molecular flexibility index (Phi) is 5.42. The van der Waals surface area contributed by atoms with Crippen LogP contribution in [0.1, 0.15) is 47.2 Å². The van der Waals surface area contributed by atoms with Crippen molar-refractivity contribution in [1.82, 2.24) is 10.3 Å². The van der Waals surface area contributed by atoms with Gasteiger partial charge >= 0.3 is 0 Å². The van der Waals surface area contributed by atoms with Crippen molar-refractivity contribution in [3.05, 3.63) is 39.9 Å². The summed E-state index contributed by atoms with van der Waals surface area (Å²) >= 11 is 0. The van der Waals surface area contributed by atoms with E-state index in [9.17, 15) is 5.26 Å². The number of nitrogens with two attached hydrogens (primary N) is 2. The van der Waals surface area contributed by atoms with Gasteiger partial charge in [0.1, 0.15) is 35.1 Å². The Morgan fingerprint density at radius 2 is 1.93 bits per heavy atom. The van der Waals surface area contributed by atoms with Crippen LogP contribution in [0.15, 0.2) is 17.1 Å². The Hall–Kier alpha value is -3.98. The number of pyridine rings is 1. The van der Waals surface area contributed by atoms with Crippen LogP contribution in [0.25, 0.3) is 0 Å². The number of ether oxygens (including phenoxy) is 1. The van der Waals surface area contributed by atoms with Gasteiger partial charge in [0.15, 0.2) is 6.19 Å². The minimum absolute atomic E-state index is 0.0175. The number of nitrogen functional groups attached to an aromatic ring is 2. The lowest BCUT2D eigenvalue weighted by Gasteiger charge is -2.27. The lowest BCUT2D eigenvalue weighted by molar-refractivity contribution is 0.313. The van der Waals surface area contributed by atoms with Crippen molar-refractivity contribution in [3.8, 4) is 18.0 Å². The van der Waals surface area contributed by atoms with Crippen molar-refractivity contribution in [2.45, 2.75) is 33.2 Å². The van der Waals surface area contributed by atoms with E-state index in [2.05, 4.69) is 27.5 Å². The minimum Gasteiger partial charge on any atom is -0.493 e. The van der Waals surface area contributed by atoms with Crippen molar-refractivity contribution in [2.75, 3.05) is 23.4 Å². The van der Waals surface area contributed by atoms with Gasteiger partial charge in [-0.3, -0.25) is 5.32 Å². The normalized spacial score (nSPS) is 14.7. The molecule has 148 valence electrons. The number of aryl methyl sites for hydroxylation is 2. The van der Waals surface area contributed by atoms with E-state index < -0.39 is 6.04 Å². The molecule has 2 aromatic rings. The van der Waals surface area contributed by atoms with Crippen LogP contribution in [-0.4, -0.2) is 17.6 Å². The Labute approximate surface area is 169 Å². The van der Waals surface area contributed by atoms with Gasteiger partial charge in [-0.15, -0.1) is 0 Å². The topological polar surface area (TPSA) is 158 Å². The first-order chi connectivity index (χ1) is 13.9. The summed E-state index contributed by atoms with van der Waals surface area (Å²) in [6.45, 7) is 6.62. The molecular formula is C20H22N8O. The van der Waals surface area contributed by atoms with Gasteiger partial charge in [0.25, 0.3) is 0 Å². The smallest absolute Gasteiger partial charge is 0.211 e. The number of guanidine groups is 1. The molecule has 0 bridgehead atoms. The van der Waals surface area contributed by atoms with Crippen LogP contribution >= 0.6 is 0 Å². The molecule has 1 unspecified atom stereocenters. The summed E-state index contributed by atoms with van der Waals surface area (Å²) in [6, 6.07) is 5.36. The minimum atomic E-state index is -0.570. The molecule has 0 radical (unpaired) electrons. The van der Waals surface area contributed by atoms with Gasteiger partial charge in [-0.05, 0) is 49.1 Å². The molecule has 2 heterocycles. The van der Waals surface area contributed by atoms with Crippen LogP contribution in [0, 0.1) is 36.6 Å². The maximum atomic E-state index is 9.42. The molecule has 0 fully saturated rings. The molecule has 0 saturated carbocycles. The molecular weight excluding hydrogens is 368 g/mol. The van der Waals surface area contributed by atoms with Crippen LogP contribution in [0.2, 0.25) is 0 Å². The van der Waals surface area contributed by atoms with Crippen LogP contribution < -0.4 is 26.8 Å². The maximum absolute atomic E-state index is 9.42. The van der Waals surface area contributed by atoms with E-state index in [4.69, 9.17) is 21.5 Å². The summed E-state index contributed by atoms with van der Waals surface area (Å²) in [5, 5.41) is 23.8. The Morgan fingerprint density at radius 3 is 2.52 bits per heavy atom. The number of nitrogens with one attached hydrogen (secondary N) is 2. The summed E-state index contributed by atoms with van der Waals surface area (Å²) < 4.78 is 5.86. The zero-order valence-electron chi connectivity index (χ0n) is 16.5. The molecule has 0 amide bonds. The van der Waals surface area contributed by atoms with Gasteiger partial charge in [-0.25, -0.2) is 9.98 Å². The van der Waals surface area contributed by atoms with E-state index in [1.54, 1.807) is 0 Å². The molecule has 29 heavy (non-hydrogen) atoms. The van der Waals surface area contributed by atoms with E-state index in [-0.39, 0.29) is 23.0 Å². The fraction of sp³-hybridized carbons (Fsp3) is 0.300. The second-order valence-corrected chi connectivity index (χ2v) is 6.73. The third-order valence-corrected chi connectivity index (χ3v) is 4.61. The SMILES string of the molecule is CCCOc1c(C)cc(C2N=C(NC#N)Nc3nc(N)c(C#N)c(N)c32)cc1C. The Morgan fingerprint density at radius 1 is 1.24 bits per heavy atom. The van der Waals surface area contributed by atoms with E-state index in [1.807, 2.05) is 38.2 Å². The predicted molar refractivity (Wildman–Crippen MR) is 111 cm³/mol. The number of aliphatic imine (C=N–C) groups is 1. The van der Waals surface area contributed by atoms with Gasteiger partial charge in [0.05, 0.1) is 12.3 Å². The lowest BCUT2D eigenvalue weighted by atomic mass is 9.92. The van der Waals surface area contributed by atoms with E-state index >= 15 is 0 Å². The molecule has 0 aliphatic carbocycles. The van der Waals surface area contributed by atoms with Crippen molar-refractivity contribution < 1.29 is 4.74 Å². The molecule has 9 nitrogen and oxygen atoms in total. The first-order valence-electron chi connectivity index (χ1n) is 9.14. The average molecular weight is 390 g/mol. The highest BCUT2D eigenvalue weighted by atomic mass is 16.5. The monoisotopic (exact) mass is 390 g/mol. The van der Waals surface area contributed by atoms with Crippen molar-refractivity contribution in [3.63, 3.8) is 0 Å². The van der Waals surface area contributed by atoms with Crippen LogP contribution in [-0.2, 0) is 0 Å². The standard InChI is InChI=1S/C20H22N8O/c1-4-5-29-17-10(2)6-12(7-11(17)3)16-14-15(23)13(8-21)18(24)27-19(14)28-20(26-16)25-9-22/h6-7,16H,4-5H2,1-3H3,(H6,23,24,25,26,27,28). The highest BCUT2D eigenvalue weighted by molar-refractivity contribution is 5.98. The van der Waals surface area contributed by atoms with E-state index in [0.29, 0.717) is 18.0 Å². The van der Waals surface area contributed by atoms with Gasteiger partial charge in [0, 0.05) is 5.56 Å². The number of nitrogens with zero attached hydrogens (tertiary/aromatic N) is 4.